The number of hydrogen-bond acceptors (Lipinski definition) is 8. The van der Waals surface area contributed by atoms with Gasteiger partial charge in [0.15, 0.2) is 9.84 Å². The number of aromatic carboxylic acids is 1. The number of carboxylic acids is 2. The number of pyridine rings is 1. The van der Waals surface area contributed by atoms with E-state index in [1.54, 1.807) is 6.07 Å². The quantitative estimate of drug-likeness (QED) is 0.211. The summed E-state index contributed by atoms with van der Waals surface area (Å²) in [6.45, 7) is 2.64. The number of nitrogens with zero attached hydrogens (tertiary/aromatic N) is 1. The molecule has 0 aliphatic heterocycles. The summed E-state index contributed by atoms with van der Waals surface area (Å²) in [4.78, 5) is 26.1. The molecule has 8 nitrogen and oxygen atoms in total. The molecule has 2 rings (SSSR count). The van der Waals surface area contributed by atoms with Gasteiger partial charge in [-0.1, -0.05) is 76.8 Å². The topological polar surface area (TPSA) is 137 Å². The molecular formula is C28H35NO7S-2. The van der Waals surface area contributed by atoms with Gasteiger partial charge in [-0.2, -0.15) is 0 Å². The molecule has 0 bridgehead atoms. The number of aliphatic carboxylic acids is 1. The number of aromatic nitrogens is 1. The zero-order valence-electron chi connectivity index (χ0n) is 21.3. The number of carboxylic acid groups (broad SMARTS) is 2. The first-order valence-electron chi connectivity index (χ1n) is 12.8. The molecule has 0 saturated heterocycles. The van der Waals surface area contributed by atoms with Crippen LogP contribution >= 0.6 is 0 Å². The van der Waals surface area contributed by atoms with Gasteiger partial charge in [-0.25, -0.2) is 13.4 Å². The molecule has 0 unspecified atom stereocenters. The lowest BCUT2D eigenvalue weighted by molar-refractivity contribution is -0.297. The SMILES string of the molecule is CCCCCCCCCCCCOc1ccc(CS(=O)(=O)c2cccc(C(=O)[O-])c2)nc1/C=C/C(=O)[O-]. The number of benzene rings is 1. The fourth-order valence-corrected chi connectivity index (χ4v) is 5.15. The van der Waals surface area contributed by atoms with E-state index >= 15 is 0 Å². The number of carbonyl (C=O) groups is 2. The predicted molar refractivity (Wildman–Crippen MR) is 137 cm³/mol. The largest absolute Gasteiger partial charge is 0.545 e. The highest BCUT2D eigenvalue weighted by Crippen LogP contribution is 2.23. The first-order chi connectivity index (χ1) is 17.7. The Morgan fingerprint density at radius 3 is 2.19 bits per heavy atom. The molecule has 0 aliphatic rings. The van der Waals surface area contributed by atoms with Gasteiger partial charge in [-0.3, -0.25) is 0 Å². The third-order valence-corrected chi connectivity index (χ3v) is 7.49. The van der Waals surface area contributed by atoms with Crippen LogP contribution in [0.3, 0.4) is 0 Å². The van der Waals surface area contributed by atoms with E-state index in [1.165, 1.54) is 75.3 Å². The van der Waals surface area contributed by atoms with Crippen LogP contribution in [-0.4, -0.2) is 31.9 Å². The Labute approximate surface area is 219 Å². The van der Waals surface area contributed by atoms with Crippen molar-refractivity contribution in [2.75, 3.05) is 6.61 Å². The number of rotatable bonds is 18. The molecule has 1 aromatic heterocycles. The summed E-state index contributed by atoms with van der Waals surface area (Å²) in [6, 6.07) is 7.94. The maximum absolute atomic E-state index is 12.8. The minimum atomic E-state index is -3.92. The van der Waals surface area contributed by atoms with E-state index in [-0.39, 0.29) is 21.8 Å². The van der Waals surface area contributed by atoms with E-state index in [4.69, 9.17) is 4.74 Å². The van der Waals surface area contributed by atoms with Crippen molar-refractivity contribution in [3.8, 4) is 5.75 Å². The van der Waals surface area contributed by atoms with Crippen molar-refractivity contribution in [1.82, 2.24) is 4.98 Å². The van der Waals surface area contributed by atoms with Gasteiger partial charge < -0.3 is 24.5 Å². The Hall–Kier alpha value is -3.20. The van der Waals surface area contributed by atoms with Crippen LogP contribution in [0.25, 0.3) is 6.08 Å². The van der Waals surface area contributed by atoms with Crippen LogP contribution in [0.5, 0.6) is 5.75 Å². The van der Waals surface area contributed by atoms with Gasteiger partial charge in [-0.15, -0.1) is 0 Å². The van der Waals surface area contributed by atoms with Gasteiger partial charge >= 0.3 is 0 Å². The Morgan fingerprint density at radius 2 is 1.57 bits per heavy atom. The fraction of sp³-hybridized carbons (Fsp3) is 0.464. The van der Waals surface area contributed by atoms with Crippen molar-refractivity contribution >= 4 is 27.9 Å². The van der Waals surface area contributed by atoms with Crippen LogP contribution < -0.4 is 14.9 Å². The fourth-order valence-electron chi connectivity index (χ4n) is 3.84. The van der Waals surface area contributed by atoms with Crippen molar-refractivity contribution in [3.05, 3.63) is 59.4 Å². The maximum atomic E-state index is 12.8. The lowest BCUT2D eigenvalue weighted by Crippen LogP contribution is -2.22. The lowest BCUT2D eigenvalue weighted by Gasteiger charge is -2.12. The highest BCUT2D eigenvalue weighted by atomic mass is 32.2. The van der Waals surface area contributed by atoms with E-state index in [9.17, 15) is 28.2 Å². The molecule has 1 aromatic carbocycles. The second kappa shape index (κ2) is 15.8. The second-order valence-electron chi connectivity index (χ2n) is 8.94. The lowest BCUT2D eigenvalue weighted by atomic mass is 10.1. The molecule has 0 amide bonds. The second-order valence-corrected chi connectivity index (χ2v) is 10.9. The average molecular weight is 530 g/mol. The summed E-state index contributed by atoms with van der Waals surface area (Å²) in [5, 5.41) is 22.0. The van der Waals surface area contributed by atoms with Gasteiger partial charge in [-0.05, 0) is 48.4 Å². The van der Waals surface area contributed by atoms with Crippen molar-refractivity contribution < 1.29 is 33.0 Å². The third kappa shape index (κ3) is 11.2. The summed E-state index contributed by atoms with van der Waals surface area (Å²) < 4.78 is 31.4. The van der Waals surface area contributed by atoms with Crippen LogP contribution in [-0.2, 0) is 20.4 Å². The van der Waals surface area contributed by atoms with E-state index in [1.807, 2.05) is 0 Å². The third-order valence-electron chi connectivity index (χ3n) is 5.84. The van der Waals surface area contributed by atoms with Gasteiger partial charge in [0.25, 0.3) is 0 Å². The highest BCUT2D eigenvalue weighted by molar-refractivity contribution is 7.90. The van der Waals surface area contributed by atoms with Crippen molar-refractivity contribution in [2.24, 2.45) is 0 Å². The maximum Gasteiger partial charge on any atom is 0.184 e. The number of sulfone groups is 1. The number of unbranched alkanes of at least 4 members (excludes halogenated alkanes) is 9. The molecule has 0 aliphatic carbocycles. The van der Waals surface area contributed by atoms with E-state index in [0.717, 1.165) is 31.4 Å². The van der Waals surface area contributed by atoms with Crippen LogP contribution in [0, 0.1) is 0 Å². The molecule has 0 spiro atoms. The van der Waals surface area contributed by atoms with Crippen LogP contribution in [0.15, 0.2) is 47.4 Å². The van der Waals surface area contributed by atoms with Crippen molar-refractivity contribution in [1.29, 1.82) is 0 Å². The van der Waals surface area contributed by atoms with Crippen LogP contribution in [0.2, 0.25) is 0 Å². The Bertz CT molecular complexity index is 1160. The molecule has 0 radical (unpaired) electrons. The monoisotopic (exact) mass is 529 g/mol. The Kier molecular flexibility index (Phi) is 12.8. The molecule has 0 atom stereocenters. The van der Waals surface area contributed by atoms with E-state index in [0.29, 0.717) is 12.4 Å². The normalized spacial score (nSPS) is 11.6. The molecule has 0 saturated carbocycles. The molecule has 9 heteroatoms. The summed E-state index contributed by atoms with van der Waals surface area (Å²) in [5.41, 5.74) is 0.0814. The summed E-state index contributed by atoms with van der Waals surface area (Å²) in [5.74, 6) is -3.06. The smallest absolute Gasteiger partial charge is 0.184 e. The predicted octanol–water partition coefficient (Wildman–Crippen LogP) is 3.48. The molecular weight excluding hydrogens is 494 g/mol. The van der Waals surface area contributed by atoms with E-state index in [2.05, 4.69) is 11.9 Å². The molecule has 2 aromatic rings. The van der Waals surface area contributed by atoms with Gasteiger partial charge in [0.1, 0.15) is 11.4 Å². The summed E-state index contributed by atoms with van der Waals surface area (Å²) >= 11 is 0. The van der Waals surface area contributed by atoms with E-state index < -0.39 is 27.5 Å². The molecule has 202 valence electrons. The number of hydrogen-bond donors (Lipinski definition) is 0. The van der Waals surface area contributed by atoms with Crippen molar-refractivity contribution in [2.45, 2.75) is 81.8 Å². The van der Waals surface area contributed by atoms with Crippen LogP contribution in [0.4, 0.5) is 0 Å². The van der Waals surface area contributed by atoms with Gasteiger partial charge in [0, 0.05) is 0 Å². The summed E-state index contributed by atoms with van der Waals surface area (Å²) in [6.07, 6.45) is 13.9. The molecule has 37 heavy (non-hydrogen) atoms. The first kappa shape index (κ1) is 30.0. The van der Waals surface area contributed by atoms with Gasteiger partial charge in [0.2, 0.25) is 0 Å². The van der Waals surface area contributed by atoms with Crippen molar-refractivity contribution in [3.63, 3.8) is 0 Å². The number of ether oxygens (including phenoxy) is 1. The Morgan fingerprint density at radius 1 is 0.919 bits per heavy atom. The number of carbonyl (C=O) groups excluding carboxylic acids is 2. The molecule has 0 fully saturated rings. The average Bonchev–Trinajstić information content (AvgIpc) is 2.86. The minimum absolute atomic E-state index is 0.156. The van der Waals surface area contributed by atoms with Crippen LogP contribution in [0.1, 0.15) is 92.9 Å². The Balaban J connectivity index is 1.96. The minimum Gasteiger partial charge on any atom is -0.545 e. The zero-order valence-corrected chi connectivity index (χ0v) is 22.1. The first-order valence-corrected chi connectivity index (χ1v) is 14.4. The highest BCUT2D eigenvalue weighted by Gasteiger charge is 2.18. The molecule has 1 heterocycles. The summed E-state index contributed by atoms with van der Waals surface area (Å²) in [7, 11) is -3.92. The standard InChI is InChI=1S/C28H37NO7S/c1-2-3-4-5-6-7-8-9-10-11-19-36-26-17-15-23(29-25(26)16-18-27(30)31)21-37(34,35)24-14-12-13-22(20-24)28(32)33/h12-18,20H,2-11,19,21H2,1H3,(H,30,31)(H,32,33)/p-2/b18-16+. The zero-order chi connectivity index (χ0) is 27.1. The molecule has 0 N–H and O–H groups in total. The van der Waals surface area contributed by atoms with Gasteiger partial charge in [0.05, 0.1) is 34.9 Å².